The zero-order chi connectivity index (χ0) is 13.7. The molecule has 0 saturated heterocycles. The number of nitrogens with zero attached hydrogens (tertiary/aromatic N) is 3. The molecule has 0 aliphatic carbocycles. The standard InChI is InChI=1S/C13H18N4OS/c1-3-4-9-19-10(2)13(18)16-12-5-7-14-11-6-8-15-17(11)12/h5-8,10H,3-4,9H2,1-2H3,(H,16,18). The van der Waals surface area contributed by atoms with Crippen LogP contribution in [0, 0.1) is 0 Å². The summed E-state index contributed by atoms with van der Waals surface area (Å²) in [4.78, 5) is 16.2. The molecule has 0 bridgehead atoms. The number of aromatic nitrogens is 3. The van der Waals surface area contributed by atoms with Gasteiger partial charge in [-0.05, 0) is 25.2 Å². The van der Waals surface area contributed by atoms with Gasteiger partial charge in [-0.2, -0.15) is 9.61 Å². The Morgan fingerprint density at radius 3 is 3.11 bits per heavy atom. The Hall–Kier alpha value is -1.56. The molecule has 19 heavy (non-hydrogen) atoms. The predicted molar refractivity (Wildman–Crippen MR) is 78.4 cm³/mol. The zero-order valence-corrected chi connectivity index (χ0v) is 12.0. The molecule has 1 unspecified atom stereocenters. The maximum absolute atomic E-state index is 12.1. The molecule has 2 aromatic heterocycles. The molecule has 2 heterocycles. The van der Waals surface area contributed by atoms with E-state index in [1.54, 1.807) is 40.8 Å². The minimum Gasteiger partial charge on any atom is -0.310 e. The zero-order valence-electron chi connectivity index (χ0n) is 11.2. The van der Waals surface area contributed by atoms with Crippen LogP contribution in [0.5, 0.6) is 0 Å². The van der Waals surface area contributed by atoms with Crippen LogP contribution in [0.3, 0.4) is 0 Å². The Kier molecular flexibility index (Phi) is 4.79. The predicted octanol–water partition coefficient (Wildman–Crippen LogP) is 2.59. The van der Waals surface area contributed by atoms with Gasteiger partial charge in [-0.1, -0.05) is 13.3 Å². The van der Waals surface area contributed by atoms with Gasteiger partial charge in [0.25, 0.3) is 0 Å². The highest BCUT2D eigenvalue weighted by molar-refractivity contribution is 8.00. The molecule has 0 radical (unpaired) electrons. The molecule has 1 atom stereocenters. The maximum Gasteiger partial charge on any atom is 0.238 e. The Morgan fingerprint density at radius 2 is 2.32 bits per heavy atom. The highest BCUT2D eigenvalue weighted by Gasteiger charge is 2.14. The van der Waals surface area contributed by atoms with Crippen molar-refractivity contribution in [1.29, 1.82) is 0 Å². The van der Waals surface area contributed by atoms with E-state index >= 15 is 0 Å². The van der Waals surface area contributed by atoms with Crippen LogP contribution in [-0.2, 0) is 4.79 Å². The number of hydrogen-bond donors (Lipinski definition) is 1. The molecule has 1 amide bonds. The average Bonchev–Trinajstić information content (AvgIpc) is 2.88. The summed E-state index contributed by atoms with van der Waals surface area (Å²) in [6.45, 7) is 4.08. The Bertz CT molecular complexity index is 554. The van der Waals surface area contributed by atoms with Crippen molar-refractivity contribution in [2.24, 2.45) is 0 Å². The van der Waals surface area contributed by atoms with E-state index in [1.165, 1.54) is 0 Å². The van der Waals surface area contributed by atoms with E-state index in [9.17, 15) is 4.79 Å². The van der Waals surface area contributed by atoms with Crippen LogP contribution in [0.2, 0.25) is 0 Å². The van der Waals surface area contributed by atoms with Crippen molar-refractivity contribution in [3.63, 3.8) is 0 Å². The Labute approximate surface area is 116 Å². The second-order valence-electron chi connectivity index (χ2n) is 4.29. The summed E-state index contributed by atoms with van der Waals surface area (Å²) in [7, 11) is 0. The number of fused-ring (bicyclic) bond motifs is 1. The summed E-state index contributed by atoms with van der Waals surface area (Å²) >= 11 is 1.68. The largest absolute Gasteiger partial charge is 0.310 e. The monoisotopic (exact) mass is 278 g/mol. The van der Waals surface area contributed by atoms with Crippen LogP contribution in [-0.4, -0.2) is 31.5 Å². The van der Waals surface area contributed by atoms with Crippen molar-refractivity contribution in [2.75, 3.05) is 11.1 Å². The van der Waals surface area contributed by atoms with Crippen molar-refractivity contribution in [2.45, 2.75) is 31.9 Å². The molecule has 2 aromatic rings. The van der Waals surface area contributed by atoms with Gasteiger partial charge in [0.05, 0.1) is 11.4 Å². The van der Waals surface area contributed by atoms with Crippen LogP contribution in [0.1, 0.15) is 26.7 Å². The summed E-state index contributed by atoms with van der Waals surface area (Å²) in [5.74, 6) is 1.67. The van der Waals surface area contributed by atoms with Crippen molar-refractivity contribution in [1.82, 2.24) is 14.6 Å². The Balaban J connectivity index is 2.00. The molecule has 0 fully saturated rings. The number of rotatable bonds is 6. The van der Waals surface area contributed by atoms with Crippen LogP contribution in [0.4, 0.5) is 5.82 Å². The summed E-state index contributed by atoms with van der Waals surface area (Å²) in [5.41, 5.74) is 0.726. The van der Waals surface area contributed by atoms with Crippen LogP contribution < -0.4 is 5.32 Å². The lowest BCUT2D eigenvalue weighted by Gasteiger charge is -2.12. The first-order valence-corrected chi connectivity index (χ1v) is 7.48. The highest BCUT2D eigenvalue weighted by atomic mass is 32.2. The molecule has 102 valence electrons. The van der Waals surface area contributed by atoms with E-state index in [2.05, 4.69) is 22.3 Å². The third kappa shape index (κ3) is 3.47. The van der Waals surface area contributed by atoms with Crippen molar-refractivity contribution >= 4 is 29.1 Å². The van der Waals surface area contributed by atoms with Crippen molar-refractivity contribution in [3.05, 3.63) is 24.5 Å². The average molecular weight is 278 g/mol. The number of thioether (sulfide) groups is 1. The Morgan fingerprint density at radius 1 is 1.47 bits per heavy atom. The van der Waals surface area contributed by atoms with E-state index in [0.717, 1.165) is 24.2 Å². The minimum atomic E-state index is -0.0645. The fourth-order valence-electron chi connectivity index (χ4n) is 1.64. The first-order valence-electron chi connectivity index (χ1n) is 6.43. The first-order chi connectivity index (χ1) is 9.22. The van der Waals surface area contributed by atoms with E-state index < -0.39 is 0 Å². The van der Waals surface area contributed by atoms with Crippen LogP contribution in [0.15, 0.2) is 24.5 Å². The van der Waals surface area contributed by atoms with E-state index in [0.29, 0.717) is 5.82 Å². The van der Waals surface area contributed by atoms with Gasteiger partial charge in [0.1, 0.15) is 5.82 Å². The number of unbranched alkanes of at least 4 members (excludes halogenated alkanes) is 1. The second kappa shape index (κ2) is 6.56. The lowest BCUT2D eigenvalue weighted by molar-refractivity contribution is -0.115. The molecular weight excluding hydrogens is 260 g/mol. The summed E-state index contributed by atoms with van der Waals surface area (Å²) < 4.78 is 1.63. The van der Waals surface area contributed by atoms with Gasteiger partial charge in [0, 0.05) is 12.3 Å². The number of carbonyl (C=O) groups excluding carboxylic acids is 1. The smallest absolute Gasteiger partial charge is 0.238 e. The van der Waals surface area contributed by atoms with Crippen LogP contribution >= 0.6 is 11.8 Å². The number of amides is 1. The van der Waals surface area contributed by atoms with Gasteiger partial charge in [-0.3, -0.25) is 4.79 Å². The number of carbonyl (C=O) groups is 1. The van der Waals surface area contributed by atoms with Crippen molar-refractivity contribution < 1.29 is 4.79 Å². The highest BCUT2D eigenvalue weighted by Crippen LogP contribution is 2.15. The lowest BCUT2D eigenvalue weighted by atomic mass is 10.4. The normalized spacial score (nSPS) is 12.5. The molecule has 0 spiro atoms. The van der Waals surface area contributed by atoms with Gasteiger partial charge < -0.3 is 5.32 Å². The number of hydrogen-bond acceptors (Lipinski definition) is 4. The third-order valence-corrected chi connectivity index (χ3v) is 4.01. The molecule has 6 heteroatoms. The quantitative estimate of drug-likeness (QED) is 0.825. The minimum absolute atomic E-state index is 0.00380. The topological polar surface area (TPSA) is 59.3 Å². The molecule has 0 aliphatic heterocycles. The van der Waals surface area contributed by atoms with Gasteiger partial charge in [-0.25, -0.2) is 4.98 Å². The second-order valence-corrected chi connectivity index (χ2v) is 5.74. The van der Waals surface area contributed by atoms with Gasteiger partial charge in [0.15, 0.2) is 5.65 Å². The van der Waals surface area contributed by atoms with E-state index in [-0.39, 0.29) is 11.2 Å². The fourth-order valence-corrected chi connectivity index (χ4v) is 2.66. The molecule has 0 aromatic carbocycles. The van der Waals surface area contributed by atoms with Crippen molar-refractivity contribution in [3.8, 4) is 0 Å². The van der Waals surface area contributed by atoms with Gasteiger partial charge in [0.2, 0.25) is 5.91 Å². The SMILES string of the molecule is CCCCSC(C)C(=O)Nc1ccnc2ccnn12. The summed E-state index contributed by atoms with van der Waals surface area (Å²) in [6.07, 6.45) is 5.62. The maximum atomic E-state index is 12.1. The molecule has 1 N–H and O–H groups in total. The summed E-state index contributed by atoms with van der Waals surface area (Å²) in [5, 5.41) is 6.97. The first kappa shape index (κ1) is 13.9. The van der Waals surface area contributed by atoms with Gasteiger partial charge in [-0.15, -0.1) is 11.8 Å². The molecule has 2 rings (SSSR count). The van der Waals surface area contributed by atoms with E-state index in [1.807, 2.05) is 6.92 Å². The number of nitrogens with one attached hydrogen (secondary N) is 1. The molecule has 0 saturated carbocycles. The summed E-state index contributed by atoms with van der Waals surface area (Å²) in [6, 6.07) is 3.55. The molecule has 5 nitrogen and oxygen atoms in total. The molecular formula is C13H18N4OS. The number of anilines is 1. The lowest BCUT2D eigenvalue weighted by Crippen LogP contribution is -2.24. The third-order valence-electron chi connectivity index (χ3n) is 2.78. The van der Waals surface area contributed by atoms with E-state index in [4.69, 9.17) is 0 Å². The van der Waals surface area contributed by atoms with Gasteiger partial charge >= 0.3 is 0 Å². The fraction of sp³-hybridized carbons (Fsp3) is 0.462. The van der Waals surface area contributed by atoms with Crippen LogP contribution in [0.25, 0.3) is 5.65 Å². The molecule has 0 aliphatic rings.